The highest BCUT2D eigenvalue weighted by Crippen LogP contribution is 2.24. The zero-order valence-electron chi connectivity index (χ0n) is 9.45. The number of thiophene rings is 1. The van der Waals surface area contributed by atoms with Crippen molar-refractivity contribution in [1.82, 2.24) is 5.43 Å². The minimum Gasteiger partial charge on any atom is -0.381 e. The number of nitrogens with two attached hydrogens (primary N) is 1. The monoisotopic (exact) mass is 228 g/mol. The predicted octanol–water partition coefficient (Wildman–Crippen LogP) is 2.38. The van der Waals surface area contributed by atoms with Crippen LogP contribution in [0, 0.1) is 6.92 Å². The van der Waals surface area contributed by atoms with Crippen molar-refractivity contribution in [2.45, 2.75) is 32.7 Å². The van der Waals surface area contributed by atoms with Crippen LogP contribution in [-0.2, 0) is 4.74 Å². The fourth-order valence-electron chi connectivity index (χ4n) is 1.53. The summed E-state index contributed by atoms with van der Waals surface area (Å²) in [6.45, 7) is 5.83. The fourth-order valence-corrected chi connectivity index (χ4v) is 2.30. The van der Waals surface area contributed by atoms with Gasteiger partial charge in [0, 0.05) is 24.1 Å². The first-order valence-corrected chi connectivity index (χ1v) is 6.25. The Bertz CT molecular complexity index is 275. The zero-order valence-corrected chi connectivity index (χ0v) is 10.3. The molecule has 0 aliphatic heterocycles. The summed E-state index contributed by atoms with van der Waals surface area (Å²) in [5.41, 5.74) is 4.14. The van der Waals surface area contributed by atoms with E-state index in [-0.39, 0.29) is 6.04 Å². The van der Waals surface area contributed by atoms with Crippen molar-refractivity contribution in [3.63, 3.8) is 0 Å². The minimum atomic E-state index is 0.216. The van der Waals surface area contributed by atoms with E-state index in [4.69, 9.17) is 10.6 Å². The number of hydrogen-bond acceptors (Lipinski definition) is 4. The molecule has 86 valence electrons. The van der Waals surface area contributed by atoms with E-state index < -0.39 is 0 Å². The van der Waals surface area contributed by atoms with Crippen LogP contribution in [0.4, 0.5) is 0 Å². The molecule has 15 heavy (non-hydrogen) atoms. The summed E-state index contributed by atoms with van der Waals surface area (Å²) in [5, 5.41) is 2.10. The van der Waals surface area contributed by atoms with Crippen LogP contribution in [0.15, 0.2) is 11.4 Å². The van der Waals surface area contributed by atoms with Gasteiger partial charge in [0.2, 0.25) is 0 Å². The third kappa shape index (κ3) is 3.91. The minimum absolute atomic E-state index is 0.216. The quantitative estimate of drug-likeness (QED) is 0.428. The predicted molar refractivity (Wildman–Crippen MR) is 64.8 cm³/mol. The first-order chi connectivity index (χ1) is 7.29. The maximum atomic E-state index is 5.55. The smallest absolute Gasteiger partial charge is 0.0492 e. The van der Waals surface area contributed by atoms with Gasteiger partial charge in [-0.3, -0.25) is 11.3 Å². The molecule has 4 heteroatoms. The summed E-state index contributed by atoms with van der Waals surface area (Å²) in [6.07, 6.45) is 1.99. The van der Waals surface area contributed by atoms with Crippen LogP contribution in [0.3, 0.4) is 0 Å². The van der Waals surface area contributed by atoms with Crippen molar-refractivity contribution < 1.29 is 4.74 Å². The van der Waals surface area contributed by atoms with E-state index >= 15 is 0 Å². The molecule has 0 radical (unpaired) electrons. The molecule has 0 saturated heterocycles. The molecule has 0 bridgehead atoms. The van der Waals surface area contributed by atoms with Crippen molar-refractivity contribution in [3.8, 4) is 0 Å². The summed E-state index contributed by atoms with van der Waals surface area (Å²) in [4.78, 5) is 1.33. The summed E-state index contributed by atoms with van der Waals surface area (Å²) >= 11 is 1.76. The molecule has 0 aliphatic rings. The van der Waals surface area contributed by atoms with E-state index in [1.54, 1.807) is 11.3 Å². The standard InChI is InChI=1S/C11H20N2OS/c1-3-6-14-7-4-11(13-12)10-5-8-15-9(10)2/h5,8,11,13H,3-4,6-7,12H2,1-2H3. The van der Waals surface area contributed by atoms with Gasteiger partial charge in [0.05, 0.1) is 0 Å². The Morgan fingerprint density at radius 2 is 2.33 bits per heavy atom. The highest BCUT2D eigenvalue weighted by Gasteiger charge is 2.12. The number of ether oxygens (including phenoxy) is 1. The molecule has 1 aromatic rings. The summed E-state index contributed by atoms with van der Waals surface area (Å²) in [6, 6.07) is 2.35. The molecule has 3 nitrogen and oxygen atoms in total. The van der Waals surface area contributed by atoms with E-state index in [2.05, 4.69) is 30.7 Å². The second-order valence-electron chi connectivity index (χ2n) is 3.55. The maximum absolute atomic E-state index is 5.55. The highest BCUT2D eigenvalue weighted by atomic mass is 32.1. The number of aryl methyl sites for hydroxylation is 1. The van der Waals surface area contributed by atoms with Crippen molar-refractivity contribution in [1.29, 1.82) is 0 Å². The second kappa shape index (κ2) is 6.95. The Hall–Kier alpha value is -0.420. The molecule has 0 fully saturated rings. The van der Waals surface area contributed by atoms with Crippen molar-refractivity contribution >= 4 is 11.3 Å². The zero-order chi connectivity index (χ0) is 11.1. The molecule has 0 saturated carbocycles. The molecule has 1 rings (SSSR count). The molecule has 3 N–H and O–H groups in total. The van der Waals surface area contributed by atoms with Crippen LogP contribution in [0.1, 0.15) is 36.2 Å². The molecule has 0 aliphatic carbocycles. The van der Waals surface area contributed by atoms with Gasteiger partial charge in [-0.2, -0.15) is 0 Å². The molecule has 1 heterocycles. The average molecular weight is 228 g/mol. The van der Waals surface area contributed by atoms with E-state index in [9.17, 15) is 0 Å². The largest absolute Gasteiger partial charge is 0.381 e. The van der Waals surface area contributed by atoms with Crippen molar-refractivity contribution in [2.75, 3.05) is 13.2 Å². The van der Waals surface area contributed by atoms with Crippen LogP contribution >= 0.6 is 11.3 Å². The van der Waals surface area contributed by atoms with Crippen LogP contribution in [0.5, 0.6) is 0 Å². The van der Waals surface area contributed by atoms with E-state index in [1.807, 2.05) is 0 Å². The first-order valence-electron chi connectivity index (χ1n) is 5.37. The van der Waals surface area contributed by atoms with Gasteiger partial charge in [0.1, 0.15) is 0 Å². The lowest BCUT2D eigenvalue weighted by atomic mass is 10.1. The van der Waals surface area contributed by atoms with E-state index in [0.29, 0.717) is 0 Å². The molecule has 0 spiro atoms. The summed E-state index contributed by atoms with van der Waals surface area (Å²) in [7, 11) is 0. The van der Waals surface area contributed by atoms with E-state index in [0.717, 1.165) is 26.1 Å². The van der Waals surface area contributed by atoms with Gasteiger partial charge >= 0.3 is 0 Å². The van der Waals surface area contributed by atoms with Gasteiger partial charge in [-0.25, -0.2) is 0 Å². The van der Waals surface area contributed by atoms with Crippen LogP contribution < -0.4 is 11.3 Å². The number of rotatable bonds is 7. The Morgan fingerprint density at radius 1 is 1.53 bits per heavy atom. The van der Waals surface area contributed by atoms with Gasteiger partial charge < -0.3 is 4.74 Å². The number of hydrazine groups is 1. The molecule has 1 atom stereocenters. The number of nitrogens with one attached hydrogen (secondary N) is 1. The van der Waals surface area contributed by atoms with Gasteiger partial charge in [-0.15, -0.1) is 11.3 Å². The average Bonchev–Trinajstić information content (AvgIpc) is 2.65. The van der Waals surface area contributed by atoms with Gasteiger partial charge in [0.15, 0.2) is 0 Å². The Labute approximate surface area is 95.6 Å². The molecular formula is C11H20N2OS. The van der Waals surface area contributed by atoms with Crippen molar-refractivity contribution in [3.05, 3.63) is 21.9 Å². The van der Waals surface area contributed by atoms with Crippen LogP contribution in [0.25, 0.3) is 0 Å². The molecule has 0 aromatic carbocycles. The lowest BCUT2D eigenvalue weighted by molar-refractivity contribution is 0.124. The highest BCUT2D eigenvalue weighted by molar-refractivity contribution is 7.10. The fraction of sp³-hybridized carbons (Fsp3) is 0.636. The lowest BCUT2D eigenvalue weighted by Gasteiger charge is -2.15. The van der Waals surface area contributed by atoms with Crippen LogP contribution in [-0.4, -0.2) is 13.2 Å². The topological polar surface area (TPSA) is 47.3 Å². The normalized spacial score (nSPS) is 13.0. The molecule has 1 aromatic heterocycles. The van der Waals surface area contributed by atoms with Gasteiger partial charge in [-0.05, 0) is 36.8 Å². The first kappa shape index (κ1) is 12.6. The van der Waals surface area contributed by atoms with Gasteiger partial charge in [0.25, 0.3) is 0 Å². The van der Waals surface area contributed by atoms with Gasteiger partial charge in [-0.1, -0.05) is 6.92 Å². The van der Waals surface area contributed by atoms with Crippen molar-refractivity contribution in [2.24, 2.45) is 5.84 Å². The third-order valence-electron chi connectivity index (χ3n) is 2.37. The summed E-state index contributed by atoms with van der Waals surface area (Å²) < 4.78 is 5.46. The molecular weight excluding hydrogens is 208 g/mol. The number of hydrogen-bond donors (Lipinski definition) is 2. The second-order valence-corrected chi connectivity index (χ2v) is 4.67. The van der Waals surface area contributed by atoms with Crippen LogP contribution in [0.2, 0.25) is 0 Å². The van der Waals surface area contributed by atoms with E-state index in [1.165, 1.54) is 10.4 Å². The molecule has 1 unspecified atom stereocenters. The third-order valence-corrected chi connectivity index (χ3v) is 3.24. The maximum Gasteiger partial charge on any atom is 0.0492 e. The summed E-state index contributed by atoms with van der Waals surface area (Å²) in [5.74, 6) is 5.55. The molecule has 0 amide bonds. The Balaban J connectivity index is 2.39. The lowest BCUT2D eigenvalue weighted by Crippen LogP contribution is -2.29. The Kier molecular flexibility index (Phi) is 5.86. The Morgan fingerprint density at radius 3 is 2.87 bits per heavy atom. The SMILES string of the molecule is CCCOCCC(NN)c1ccsc1C.